The van der Waals surface area contributed by atoms with Gasteiger partial charge < -0.3 is 28.5 Å². The molecular weight excluding hydrogens is 935 g/mol. The van der Waals surface area contributed by atoms with Crippen molar-refractivity contribution in [3.63, 3.8) is 0 Å². The standard InChI is InChI=1S/C66H117NO8/c1-6-8-10-12-14-16-18-20-22-24-26-28-30-31-32-33-35-37-39-41-43-45-47-49-51-53-55-57-64(69)75-62(61-74-66(65(70)71)72-59-58-67(3,4)5)60-73-63(68)56-54-52-50-48-46-44-42-40-38-36-34-29-27-25-23-21-19-17-15-13-11-9-7-2/h8,10,14,16,20,22,26,28,31-32,35,37,62,66H,6-7,9,11-13,15,17-19,21,23-25,27,29-30,33-34,36,38-61H2,1-5H3/p+1/b10-8-,16-14-,22-20-,28-26-,32-31-,37-35-. The molecule has 0 radical (unpaired) electrons. The van der Waals surface area contributed by atoms with Gasteiger partial charge in [-0.15, -0.1) is 0 Å². The molecule has 75 heavy (non-hydrogen) atoms. The van der Waals surface area contributed by atoms with Gasteiger partial charge in [-0.3, -0.25) is 9.59 Å². The van der Waals surface area contributed by atoms with Crippen LogP contribution < -0.4 is 0 Å². The molecule has 0 saturated carbocycles. The number of ether oxygens (including phenoxy) is 4. The predicted octanol–water partition coefficient (Wildman–Crippen LogP) is 18.6. The molecule has 9 heteroatoms. The largest absolute Gasteiger partial charge is 0.477 e. The summed E-state index contributed by atoms with van der Waals surface area (Å²) in [4.78, 5) is 37.5. The first-order valence-electron chi connectivity index (χ1n) is 31.1. The van der Waals surface area contributed by atoms with Crippen LogP contribution in [0.4, 0.5) is 0 Å². The third-order valence-corrected chi connectivity index (χ3v) is 13.5. The Morgan fingerprint density at radius 3 is 1.13 bits per heavy atom. The van der Waals surface area contributed by atoms with Crippen molar-refractivity contribution < 1.29 is 42.9 Å². The molecule has 0 aliphatic rings. The summed E-state index contributed by atoms with van der Waals surface area (Å²) < 4.78 is 22.9. The summed E-state index contributed by atoms with van der Waals surface area (Å²) in [7, 11) is 5.97. The van der Waals surface area contributed by atoms with Crippen molar-refractivity contribution >= 4 is 17.9 Å². The third-order valence-electron chi connectivity index (χ3n) is 13.5. The Hall–Kier alpha value is -3.27. The zero-order valence-corrected chi connectivity index (χ0v) is 49.4. The Morgan fingerprint density at radius 1 is 0.413 bits per heavy atom. The van der Waals surface area contributed by atoms with Crippen molar-refractivity contribution in [2.75, 3.05) is 47.5 Å². The van der Waals surface area contributed by atoms with Crippen molar-refractivity contribution in [2.45, 2.75) is 283 Å². The molecule has 0 bridgehead atoms. The topological polar surface area (TPSA) is 108 Å². The van der Waals surface area contributed by atoms with E-state index in [4.69, 9.17) is 18.9 Å². The number of aliphatic carboxylic acids is 1. The van der Waals surface area contributed by atoms with Crippen molar-refractivity contribution in [1.29, 1.82) is 0 Å². The van der Waals surface area contributed by atoms with Gasteiger partial charge in [-0.1, -0.05) is 267 Å². The highest BCUT2D eigenvalue weighted by Crippen LogP contribution is 2.17. The van der Waals surface area contributed by atoms with E-state index >= 15 is 0 Å². The Bertz CT molecular complexity index is 1460. The molecule has 0 amide bonds. The number of hydrogen-bond donors (Lipinski definition) is 1. The highest BCUT2D eigenvalue weighted by molar-refractivity contribution is 5.71. The van der Waals surface area contributed by atoms with E-state index < -0.39 is 24.3 Å². The van der Waals surface area contributed by atoms with Crippen LogP contribution >= 0.6 is 0 Å². The Labute approximate surface area is 462 Å². The van der Waals surface area contributed by atoms with Gasteiger partial charge in [-0.25, -0.2) is 4.79 Å². The number of carboxylic acids is 1. The van der Waals surface area contributed by atoms with Gasteiger partial charge in [0.1, 0.15) is 13.2 Å². The van der Waals surface area contributed by atoms with E-state index in [-0.39, 0.29) is 32.2 Å². The van der Waals surface area contributed by atoms with E-state index in [0.29, 0.717) is 23.9 Å². The van der Waals surface area contributed by atoms with E-state index in [0.717, 1.165) is 83.5 Å². The average molecular weight is 1050 g/mol. The van der Waals surface area contributed by atoms with Crippen LogP contribution in [-0.2, 0) is 33.3 Å². The van der Waals surface area contributed by atoms with E-state index in [9.17, 15) is 19.5 Å². The molecular formula is C66H118NO8+. The van der Waals surface area contributed by atoms with E-state index in [1.807, 2.05) is 21.1 Å². The lowest BCUT2D eigenvalue weighted by Gasteiger charge is -2.25. The molecule has 0 aromatic carbocycles. The second-order valence-electron chi connectivity index (χ2n) is 22.0. The lowest BCUT2D eigenvalue weighted by molar-refractivity contribution is -0.870. The van der Waals surface area contributed by atoms with E-state index in [2.05, 4.69) is 86.8 Å². The molecule has 0 aromatic heterocycles. The highest BCUT2D eigenvalue weighted by atomic mass is 16.7. The Balaban J connectivity index is 4.22. The number of likely N-dealkylation sites (N-methyl/N-ethyl adjacent to an activating group) is 1. The van der Waals surface area contributed by atoms with Crippen LogP contribution in [0.5, 0.6) is 0 Å². The van der Waals surface area contributed by atoms with Crippen molar-refractivity contribution in [2.24, 2.45) is 0 Å². The van der Waals surface area contributed by atoms with Crippen molar-refractivity contribution in [1.82, 2.24) is 0 Å². The minimum absolute atomic E-state index is 0.184. The molecule has 0 rings (SSSR count). The van der Waals surface area contributed by atoms with Gasteiger partial charge >= 0.3 is 17.9 Å². The molecule has 434 valence electrons. The number of carbonyl (C=O) groups is 3. The molecule has 0 aromatic rings. The van der Waals surface area contributed by atoms with Crippen LogP contribution in [0.15, 0.2) is 72.9 Å². The molecule has 0 fully saturated rings. The summed E-state index contributed by atoms with van der Waals surface area (Å²) in [6.07, 6.45) is 71.3. The number of carbonyl (C=O) groups excluding carboxylic acids is 2. The Kier molecular flexibility index (Phi) is 54.4. The predicted molar refractivity (Wildman–Crippen MR) is 318 cm³/mol. The maximum absolute atomic E-state index is 12.9. The zero-order valence-electron chi connectivity index (χ0n) is 49.4. The number of unbranched alkanes of at least 4 members (excludes halogenated alkanes) is 30. The van der Waals surface area contributed by atoms with Crippen molar-refractivity contribution in [3.05, 3.63) is 72.9 Å². The van der Waals surface area contributed by atoms with Crippen LogP contribution in [0, 0.1) is 0 Å². The highest BCUT2D eigenvalue weighted by Gasteiger charge is 2.25. The summed E-state index contributed by atoms with van der Waals surface area (Å²) in [6.45, 7) is 4.79. The number of carboxylic acid groups (broad SMARTS) is 1. The van der Waals surface area contributed by atoms with E-state index in [1.165, 1.54) is 154 Å². The van der Waals surface area contributed by atoms with Crippen LogP contribution in [0.1, 0.15) is 271 Å². The first-order valence-corrected chi connectivity index (χ1v) is 31.1. The number of rotatable bonds is 57. The summed E-state index contributed by atoms with van der Waals surface area (Å²) in [6, 6.07) is 0. The number of quaternary nitrogens is 1. The second kappa shape index (κ2) is 56.9. The van der Waals surface area contributed by atoms with Gasteiger partial charge in [0.25, 0.3) is 6.29 Å². The monoisotopic (exact) mass is 1050 g/mol. The van der Waals surface area contributed by atoms with Crippen LogP contribution in [0.25, 0.3) is 0 Å². The zero-order chi connectivity index (χ0) is 54.8. The van der Waals surface area contributed by atoms with Gasteiger partial charge in [-0.05, 0) is 64.2 Å². The quantitative estimate of drug-likeness (QED) is 0.0211. The normalized spacial score (nSPS) is 13.2. The minimum atomic E-state index is -1.51. The summed E-state index contributed by atoms with van der Waals surface area (Å²) in [5.74, 6) is -2.01. The number of esters is 2. The first kappa shape index (κ1) is 71.7. The van der Waals surface area contributed by atoms with Gasteiger partial charge in [0.2, 0.25) is 0 Å². The summed E-state index contributed by atoms with van der Waals surface area (Å²) in [5.41, 5.74) is 0. The number of nitrogens with zero attached hydrogens (tertiary/aromatic N) is 1. The second-order valence-corrected chi connectivity index (χ2v) is 22.0. The first-order chi connectivity index (χ1) is 36.6. The molecule has 0 heterocycles. The fourth-order valence-electron chi connectivity index (χ4n) is 8.72. The molecule has 1 N–H and O–H groups in total. The van der Waals surface area contributed by atoms with Crippen LogP contribution in [-0.4, -0.2) is 87.4 Å². The molecule has 0 spiro atoms. The van der Waals surface area contributed by atoms with Crippen molar-refractivity contribution in [3.8, 4) is 0 Å². The van der Waals surface area contributed by atoms with Gasteiger partial charge in [0.05, 0.1) is 34.4 Å². The molecule has 2 atom stereocenters. The fraction of sp³-hybridized carbons (Fsp3) is 0.773. The van der Waals surface area contributed by atoms with Crippen LogP contribution in [0.3, 0.4) is 0 Å². The Morgan fingerprint density at radius 2 is 0.760 bits per heavy atom. The maximum atomic E-state index is 12.9. The minimum Gasteiger partial charge on any atom is -0.477 e. The summed E-state index contributed by atoms with van der Waals surface area (Å²) >= 11 is 0. The molecule has 2 unspecified atom stereocenters. The SMILES string of the molecule is CC/C=C\C/C=C\C/C=C\C/C=C\C/C=C\C/C=C\CCCCCCCCCCC(=O)OC(COC(=O)CCCCCCCCCCCCCCCCCCCCCCCCC)COC(OCC[N+](C)(C)C)C(=O)O. The smallest absolute Gasteiger partial charge is 0.361 e. The average Bonchev–Trinajstić information content (AvgIpc) is 3.38. The van der Waals surface area contributed by atoms with Gasteiger partial charge in [-0.2, -0.15) is 0 Å². The number of allylic oxidation sites excluding steroid dienone is 12. The lowest BCUT2D eigenvalue weighted by Crippen LogP contribution is -2.40. The van der Waals surface area contributed by atoms with Gasteiger partial charge in [0, 0.05) is 12.8 Å². The van der Waals surface area contributed by atoms with Gasteiger partial charge in [0.15, 0.2) is 6.10 Å². The molecule has 9 nitrogen and oxygen atoms in total. The number of hydrogen-bond acceptors (Lipinski definition) is 7. The third kappa shape index (κ3) is 58.3. The fourth-order valence-corrected chi connectivity index (χ4v) is 8.72. The van der Waals surface area contributed by atoms with E-state index in [1.54, 1.807) is 0 Å². The molecule has 0 saturated heterocycles. The van der Waals surface area contributed by atoms with Crippen LogP contribution in [0.2, 0.25) is 0 Å². The molecule has 0 aliphatic carbocycles. The maximum Gasteiger partial charge on any atom is 0.361 e. The lowest BCUT2D eigenvalue weighted by atomic mass is 10.0. The molecule has 0 aliphatic heterocycles. The summed E-state index contributed by atoms with van der Waals surface area (Å²) in [5, 5.41) is 9.72.